The quantitative estimate of drug-likeness (QED) is 0.301. The summed E-state index contributed by atoms with van der Waals surface area (Å²) in [5, 5.41) is 31.5. The predicted molar refractivity (Wildman–Crippen MR) is 69.0 cm³/mol. The summed E-state index contributed by atoms with van der Waals surface area (Å²) in [7, 11) is 0. The molecule has 20 heavy (non-hydrogen) atoms. The van der Waals surface area contributed by atoms with Crippen LogP contribution in [0.25, 0.3) is 0 Å². The molecule has 2 rings (SSSR count). The third-order valence-corrected chi connectivity index (χ3v) is 2.44. The first kappa shape index (κ1) is 13.6. The number of halogens is 2. The van der Waals surface area contributed by atoms with Gasteiger partial charge in [-0.05, 0) is 18.2 Å². The van der Waals surface area contributed by atoms with E-state index in [1.807, 2.05) is 0 Å². The largest absolute Gasteiger partial charge is 0.507 e. The van der Waals surface area contributed by atoms with E-state index in [1.54, 1.807) is 0 Å². The van der Waals surface area contributed by atoms with Crippen LogP contribution in [0.15, 0.2) is 35.4 Å². The topological polar surface area (TPSA) is 85.1 Å². The minimum absolute atomic E-state index is 0.0508. The highest BCUT2D eigenvalue weighted by molar-refractivity contribution is 5.85. The van der Waals surface area contributed by atoms with E-state index in [1.165, 1.54) is 0 Å². The van der Waals surface area contributed by atoms with E-state index in [2.05, 4.69) is 10.5 Å². The first-order valence-electron chi connectivity index (χ1n) is 5.46. The van der Waals surface area contributed by atoms with Crippen LogP contribution in [0.3, 0.4) is 0 Å². The maximum Gasteiger partial charge on any atom is 0.161 e. The lowest BCUT2D eigenvalue weighted by atomic mass is 10.2. The number of anilines is 1. The minimum atomic E-state index is -0.820. The Kier molecular flexibility index (Phi) is 3.69. The number of hydrazone groups is 1. The summed E-state index contributed by atoms with van der Waals surface area (Å²) in [6.45, 7) is 0. The molecule has 0 heterocycles. The van der Waals surface area contributed by atoms with Crippen molar-refractivity contribution in [3.63, 3.8) is 0 Å². The summed E-state index contributed by atoms with van der Waals surface area (Å²) >= 11 is 0. The Bertz CT molecular complexity index is 675. The van der Waals surface area contributed by atoms with Gasteiger partial charge in [0.15, 0.2) is 17.3 Å². The molecule has 2 aromatic carbocycles. The fourth-order valence-corrected chi connectivity index (χ4v) is 1.44. The van der Waals surface area contributed by atoms with Crippen molar-refractivity contribution in [3.05, 3.63) is 47.5 Å². The van der Waals surface area contributed by atoms with Gasteiger partial charge < -0.3 is 15.3 Å². The lowest BCUT2D eigenvalue weighted by Gasteiger charge is -2.04. The van der Waals surface area contributed by atoms with Gasteiger partial charge in [-0.1, -0.05) is 0 Å². The van der Waals surface area contributed by atoms with Gasteiger partial charge in [-0.15, -0.1) is 0 Å². The summed E-state index contributed by atoms with van der Waals surface area (Å²) < 4.78 is 26.0. The highest BCUT2D eigenvalue weighted by Gasteiger charge is 2.06. The normalized spacial score (nSPS) is 10.9. The van der Waals surface area contributed by atoms with Gasteiger partial charge in [0.05, 0.1) is 11.9 Å². The van der Waals surface area contributed by atoms with Crippen LogP contribution in [0, 0.1) is 11.6 Å². The van der Waals surface area contributed by atoms with E-state index in [0.29, 0.717) is 6.07 Å². The SMILES string of the molecule is Oc1cc(O)c(C=NNc2ccc(F)cc2F)cc1O. The first-order chi connectivity index (χ1) is 9.47. The molecule has 5 nitrogen and oxygen atoms in total. The fourth-order valence-electron chi connectivity index (χ4n) is 1.44. The number of rotatable bonds is 3. The maximum atomic E-state index is 13.3. The molecule has 0 spiro atoms. The fraction of sp³-hybridized carbons (Fsp3) is 0. The molecule has 0 aliphatic heterocycles. The van der Waals surface area contributed by atoms with Gasteiger partial charge in [0.2, 0.25) is 0 Å². The van der Waals surface area contributed by atoms with E-state index >= 15 is 0 Å². The summed E-state index contributed by atoms with van der Waals surface area (Å²) in [6.07, 6.45) is 1.11. The van der Waals surface area contributed by atoms with Crippen molar-refractivity contribution in [2.75, 3.05) is 5.43 Å². The molecule has 0 amide bonds. The number of benzene rings is 2. The number of nitrogens with one attached hydrogen (secondary N) is 1. The average Bonchev–Trinajstić information content (AvgIpc) is 2.38. The maximum absolute atomic E-state index is 13.3. The molecule has 0 aliphatic carbocycles. The second kappa shape index (κ2) is 5.43. The zero-order chi connectivity index (χ0) is 14.7. The molecule has 0 bridgehead atoms. The van der Waals surface area contributed by atoms with Crippen molar-refractivity contribution in [3.8, 4) is 17.2 Å². The van der Waals surface area contributed by atoms with E-state index in [9.17, 15) is 19.0 Å². The number of aromatic hydroxyl groups is 3. The average molecular weight is 280 g/mol. The number of hydrogen-bond acceptors (Lipinski definition) is 5. The highest BCUT2D eigenvalue weighted by Crippen LogP contribution is 2.31. The third kappa shape index (κ3) is 2.94. The second-order valence-electron chi connectivity index (χ2n) is 3.89. The van der Waals surface area contributed by atoms with Gasteiger partial charge >= 0.3 is 0 Å². The van der Waals surface area contributed by atoms with Gasteiger partial charge in [-0.3, -0.25) is 5.43 Å². The Labute approximate surface area is 112 Å². The summed E-state index contributed by atoms with van der Waals surface area (Å²) in [5.74, 6) is -2.75. The number of phenols is 3. The molecule has 0 atom stereocenters. The summed E-state index contributed by atoms with van der Waals surface area (Å²) in [5.41, 5.74) is 2.38. The van der Waals surface area contributed by atoms with Crippen molar-refractivity contribution < 1.29 is 24.1 Å². The number of hydrogen-bond donors (Lipinski definition) is 4. The van der Waals surface area contributed by atoms with Gasteiger partial charge in [-0.2, -0.15) is 5.10 Å². The lowest BCUT2D eigenvalue weighted by molar-refractivity contribution is 0.396. The van der Waals surface area contributed by atoms with Crippen LogP contribution in [0.5, 0.6) is 17.2 Å². The van der Waals surface area contributed by atoms with Crippen molar-refractivity contribution in [2.24, 2.45) is 5.10 Å². The smallest absolute Gasteiger partial charge is 0.161 e. The molecule has 7 heteroatoms. The standard InChI is InChI=1S/C13H10F2N2O3/c14-8-1-2-10(9(15)4-8)17-16-6-7-3-12(19)13(20)5-11(7)18/h1-6,17-20H. The van der Waals surface area contributed by atoms with E-state index in [0.717, 1.165) is 30.5 Å². The van der Waals surface area contributed by atoms with Crippen molar-refractivity contribution in [1.82, 2.24) is 0 Å². The molecule has 0 saturated heterocycles. The van der Waals surface area contributed by atoms with Gasteiger partial charge in [-0.25, -0.2) is 8.78 Å². The van der Waals surface area contributed by atoms with E-state index in [4.69, 9.17) is 5.11 Å². The van der Waals surface area contributed by atoms with Gasteiger partial charge in [0, 0.05) is 17.7 Å². The highest BCUT2D eigenvalue weighted by atomic mass is 19.1. The van der Waals surface area contributed by atoms with Crippen molar-refractivity contribution in [2.45, 2.75) is 0 Å². The summed E-state index contributed by atoms with van der Waals surface area (Å²) in [4.78, 5) is 0. The Balaban J connectivity index is 2.16. The van der Waals surface area contributed by atoms with Crippen LogP contribution >= 0.6 is 0 Å². The van der Waals surface area contributed by atoms with Crippen LogP contribution in [0.1, 0.15) is 5.56 Å². The van der Waals surface area contributed by atoms with Crippen LogP contribution in [-0.2, 0) is 0 Å². The zero-order valence-corrected chi connectivity index (χ0v) is 10.0. The lowest BCUT2D eigenvalue weighted by Crippen LogP contribution is -1.94. The molecule has 2 aromatic rings. The third-order valence-electron chi connectivity index (χ3n) is 2.44. The van der Waals surface area contributed by atoms with Gasteiger partial charge in [0.25, 0.3) is 0 Å². The number of nitrogens with zero attached hydrogens (tertiary/aromatic N) is 1. The van der Waals surface area contributed by atoms with Crippen LogP contribution in [-0.4, -0.2) is 21.5 Å². The molecule has 0 saturated carbocycles. The molecule has 0 fully saturated rings. The Morgan fingerprint density at radius 2 is 1.65 bits per heavy atom. The van der Waals surface area contributed by atoms with Crippen LogP contribution in [0.2, 0.25) is 0 Å². The Hall–Kier alpha value is -2.83. The molecule has 0 radical (unpaired) electrons. The van der Waals surface area contributed by atoms with Crippen molar-refractivity contribution in [1.29, 1.82) is 0 Å². The first-order valence-corrected chi connectivity index (χ1v) is 5.46. The molecule has 0 unspecified atom stereocenters. The number of phenolic OH excluding ortho intramolecular Hbond substituents is 3. The Morgan fingerprint density at radius 3 is 2.35 bits per heavy atom. The van der Waals surface area contributed by atoms with E-state index < -0.39 is 23.1 Å². The summed E-state index contributed by atoms with van der Waals surface area (Å²) in [6, 6.07) is 4.94. The predicted octanol–water partition coefficient (Wildman–Crippen LogP) is 2.53. The Morgan fingerprint density at radius 1 is 0.950 bits per heavy atom. The van der Waals surface area contributed by atoms with Crippen LogP contribution < -0.4 is 5.43 Å². The molecule has 104 valence electrons. The second-order valence-corrected chi connectivity index (χ2v) is 3.89. The molecular weight excluding hydrogens is 270 g/mol. The van der Waals surface area contributed by atoms with Gasteiger partial charge in [0.1, 0.15) is 11.6 Å². The van der Waals surface area contributed by atoms with E-state index in [-0.39, 0.29) is 17.0 Å². The van der Waals surface area contributed by atoms with Crippen LogP contribution in [0.4, 0.5) is 14.5 Å². The molecule has 0 aliphatic rings. The molecule has 4 N–H and O–H groups in total. The van der Waals surface area contributed by atoms with Crippen molar-refractivity contribution >= 4 is 11.9 Å². The molecule has 0 aromatic heterocycles. The zero-order valence-electron chi connectivity index (χ0n) is 10.0. The monoisotopic (exact) mass is 280 g/mol. The minimum Gasteiger partial charge on any atom is -0.507 e. The molecular formula is C13H10F2N2O3.